The minimum absolute atomic E-state index is 0.104. The summed E-state index contributed by atoms with van der Waals surface area (Å²) >= 11 is 0. The van der Waals surface area contributed by atoms with Crippen LogP contribution >= 0.6 is 0 Å². The van der Waals surface area contributed by atoms with Gasteiger partial charge in [-0.1, -0.05) is 56.2 Å². The second-order valence-corrected chi connectivity index (χ2v) is 11.4. The SMILES string of the molecule is C[C@H]1C(=O)N(c2ccc(S(=O)(=O)N(C)C)cc2)[C@@]1(/C=C/c1ccccc1)C(=O)NC1CCCC1. The second-order valence-electron chi connectivity index (χ2n) is 9.20. The van der Waals surface area contributed by atoms with Crippen molar-refractivity contribution in [3.8, 4) is 0 Å². The molecule has 0 bridgehead atoms. The predicted molar refractivity (Wildman–Crippen MR) is 133 cm³/mol. The Morgan fingerprint density at radius 1 is 1.06 bits per heavy atom. The molecule has 7 nitrogen and oxygen atoms in total. The molecule has 2 amide bonds. The Bertz CT molecular complexity index is 1190. The van der Waals surface area contributed by atoms with E-state index in [1.807, 2.05) is 42.5 Å². The van der Waals surface area contributed by atoms with E-state index >= 15 is 0 Å². The quantitative estimate of drug-likeness (QED) is 0.614. The van der Waals surface area contributed by atoms with Gasteiger partial charge in [-0.25, -0.2) is 12.7 Å². The fraction of sp³-hybridized carbons (Fsp3) is 0.385. The van der Waals surface area contributed by atoms with Gasteiger partial charge >= 0.3 is 0 Å². The molecule has 4 rings (SSSR count). The molecule has 1 aliphatic carbocycles. The monoisotopic (exact) mass is 481 g/mol. The summed E-state index contributed by atoms with van der Waals surface area (Å²) in [5, 5.41) is 3.17. The van der Waals surface area contributed by atoms with Crippen molar-refractivity contribution in [2.24, 2.45) is 5.92 Å². The van der Waals surface area contributed by atoms with Crippen LogP contribution in [0.5, 0.6) is 0 Å². The van der Waals surface area contributed by atoms with Gasteiger partial charge in [0.15, 0.2) is 5.54 Å². The van der Waals surface area contributed by atoms with E-state index in [9.17, 15) is 18.0 Å². The maximum atomic E-state index is 13.7. The van der Waals surface area contributed by atoms with Gasteiger partial charge in [-0.3, -0.25) is 14.5 Å². The lowest BCUT2D eigenvalue weighted by molar-refractivity contribution is -0.143. The lowest BCUT2D eigenvalue weighted by atomic mass is 9.72. The van der Waals surface area contributed by atoms with Crippen LogP contribution in [0.3, 0.4) is 0 Å². The van der Waals surface area contributed by atoms with Crippen molar-refractivity contribution >= 4 is 33.6 Å². The van der Waals surface area contributed by atoms with Crippen LogP contribution in [0.1, 0.15) is 38.2 Å². The largest absolute Gasteiger partial charge is 0.351 e. The zero-order valence-corrected chi connectivity index (χ0v) is 20.6. The highest BCUT2D eigenvalue weighted by atomic mass is 32.2. The van der Waals surface area contributed by atoms with Crippen LogP contribution in [0.4, 0.5) is 5.69 Å². The summed E-state index contributed by atoms with van der Waals surface area (Å²) in [6.07, 6.45) is 7.71. The first kappa shape index (κ1) is 24.2. The molecule has 34 heavy (non-hydrogen) atoms. The fourth-order valence-corrected chi connectivity index (χ4v) is 5.66. The average Bonchev–Trinajstić information content (AvgIpc) is 3.34. The third kappa shape index (κ3) is 4.16. The third-order valence-corrected chi connectivity index (χ3v) is 8.71. The van der Waals surface area contributed by atoms with Crippen LogP contribution in [0.15, 0.2) is 65.6 Å². The number of carbonyl (C=O) groups excluding carboxylic acids is 2. The van der Waals surface area contributed by atoms with Crippen molar-refractivity contribution in [1.82, 2.24) is 9.62 Å². The molecule has 2 aromatic carbocycles. The minimum Gasteiger partial charge on any atom is -0.351 e. The number of anilines is 1. The van der Waals surface area contributed by atoms with Crippen LogP contribution in [-0.4, -0.2) is 50.2 Å². The molecule has 8 heteroatoms. The predicted octanol–water partition coefficient (Wildman–Crippen LogP) is 3.43. The molecule has 0 radical (unpaired) electrons. The number of sulfonamides is 1. The van der Waals surface area contributed by atoms with E-state index < -0.39 is 21.5 Å². The van der Waals surface area contributed by atoms with Gasteiger partial charge in [-0.2, -0.15) is 0 Å². The summed E-state index contributed by atoms with van der Waals surface area (Å²) in [6, 6.07) is 15.9. The summed E-state index contributed by atoms with van der Waals surface area (Å²) in [5.41, 5.74) is 0.215. The Morgan fingerprint density at radius 2 is 1.68 bits per heavy atom. The molecular formula is C26H31N3O4S. The highest BCUT2D eigenvalue weighted by Crippen LogP contribution is 2.44. The summed E-state index contributed by atoms with van der Waals surface area (Å²) in [4.78, 5) is 28.4. The van der Waals surface area contributed by atoms with E-state index in [0.29, 0.717) is 5.69 Å². The normalized spacial score (nSPS) is 23.5. The van der Waals surface area contributed by atoms with E-state index in [0.717, 1.165) is 35.6 Å². The Kier molecular flexibility index (Phi) is 6.64. The molecule has 0 aromatic heterocycles. The average molecular weight is 482 g/mol. The molecule has 1 aliphatic heterocycles. The van der Waals surface area contributed by atoms with E-state index in [4.69, 9.17) is 0 Å². The number of hydrogen-bond acceptors (Lipinski definition) is 4. The minimum atomic E-state index is -3.60. The molecule has 2 aromatic rings. The van der Waals surface area contributed by atoms with Crippen molar-refractivity contribution in [1.29, 1.82) is 0 Å². The summed E-state index contributed by atoms with van der Waals surface area (Å²) in [7, 11) is -0.665. The second kappa shape index (κ2) is 9.35. The zero-order chi connectivity index (χ0) is 24.5. The molecule has 2 fully saturated rings. The lowest BCUT2D eigenvalue weighted by Crippen LogP contribution is -2.76. The van der Waals surface area contributed by atoms with Gasteiger partial charge in [-0.15, -0.1) is 0 Å². The molecular weight excluding hydrogens is 450 g/mol. The van der Waals surface area contributed by atoms with Crippen molar-refractivity contribution in [3.63, 3.8) is 0 Å². The van der Waals surface area contributed by atoms with E-state index in [-0.39, 0.29) is 22.8 Å². The molecule has 2 aliphatic rings. The highest BCUT2D eigenvalue weighted by Gasteiger charge is 2.62. The molecule has 2 atom stereocenters. The summed E-state index contributed by atoms with van der Waals surface area (Å²) < 4.78 is 26.1. The van der Waals surface area contributed by atoms with Gasteiger partial charge in [0, 0.05) is 25.8 Å². The highest BCUT2D eigenvalue weighted by molar-refractivity contribution is 7.89. The Labute approximate surface area is 201 Å². The van der Waals surface area contributed by atoms with Gasteiger partial charge < -0.3 is 5.32 Å². The Hall–Kier alpha value is -2.97. The van der Waals surface area contributed by atoms with Crippen LogP contribution in [0.2, 0.25) is 0 Å². The van der Waals surface area contributed by atoms with Crippen molar-refractivity contribution in [3.05, 3.63) is 66.2 Å². The standard InChI is InChI=1S/C26H31N3O4S/c1-19-24(30)29(22-13-15-23(16-14-22)34(32,33)28(2)3)26(19,18-17-20-9-5-4-6-10-20)25(31)27-21-11-7-8-12-21/h4-6,9-10,13-19,21H,7-8,11-12H2,1-3H3,(H,27,31)/b18-17+/t19-,26+/m0/s1. The first-order valence-electron chi connectivity index (χ1n) is 11.6. The number of nitrogens with one attached hydrogen (secondary N) is 1. The number of benzene rings is 2. The summed E-state index contributed by atoms with van der Waals surface area (Å²) in [6.45, 7) is 1.77. The van der Waals surface area contributed by atoms with Gasteiger partial charge in [0.2, 0.25) is 15.9 Å². The molecule has 180 valence electrons. The molecule has 1 saturated carbocycles. The van der Waals surface area contributed by atoms with Crippen LogP contribution in [0.25, 0.3) is 6.08 Å². The first-order chi connectivity index (χ1) is 16.2. The Morgan fingerprint density at radius 3 is 2.26 bits per heavy atom. The van der Waals surface area contributed by atoms with E-state index in [1.54, 1.807) is 19.1 Å². The fourth-order valence-electron chi connectivity index (χ4n) is 4.76. The number of carbonyl (C=O) groups is 2. The maximum absolute atomic E-state index is 13.7. The third-order valence-electron chi connectivity index (χ3n) is 6.88. The molecule has 0 unspecified atom stereocenters. The van der Waals surface area contributed by atoms with Crippen molar-refractivity contribution < 1.29 is 18.0 Å². The van der Waals surface area contributed by atoms with Gasteiger partial charge in [-0.05, 0) is 48.7 Å². The van der Waals surface area contributed by atoms with E-state index in [2.05, 4.69) is 5.32 Å². The molecule has 1 heterocycles. The van der Waals surface area contributed by atoms with Crippen LogP contribution in [-0.2, 0) is 19.6 Å². The maximum Gasteiger partial charge on any atom is 0.251 e. The summed E-state index contributed by atoms with van der Waals surface area (Å²) in [5.74, 6) is -0.940. The smallest absolute Gasteiger partial charge is 0.251 e. The number of β-lactam (4-membered cyclic amide) rings is 1. The van der Waals surface area contributed by atoms with E-state index in [1.165, 1.54) is 31.1 Å². The number of hydrogen-bond donors (Lipinski definition) is 1. The molecule has 1 N–H and O–H groups in total. The number of nitrogens with zero attached hydrogens (tertiary/aromatic N) is 2. The number of amides is 2. The molecule has 1 saturated heterocycles. The van der Waals surface area contributed by atoms with Gasteiger partial charge in [0.05, 0.1) is 10.8 Å². The van der Waals surface area contributed by atoms with Crippen LogP contribution in [0, 0.1) is 5.92 Å². The lowest BCUT2D eigenvalue weighted by Gasteiger charge is -2.54. The zero-order valence-electron chi connectivity index (χ0n) is 19.8. The van der Waals surface area contributed by atoms with Crippen LogP contribution < -0.4 is 10.2 Å². The van der Waals surface area contributed by atoms with Gasteiger partial charge in [0.1, 0.15) is 0 Å². The topological polar surface area (TPSA) is 86.8 Å². The van der Waals surface area contributed by atoms with Crippen molar-refractivity contribution in [2.75, 3.05) is 19.0 Å². The Balaban J connectivity index is 1.73. The first-order valence-corrected chi connectivity index (χ1v) is 13.0. The number of rotatable bonds is 7. The van der Waals surface area contributed by atoms with Gasteiger partial charge in [0.25, 0.3) is 5.91 Å². The van der Waals surface area contributed by atoms with Crippen molar-refractivity contribution in [2.45, 2.75) is 49.1 Å². The molecule has 0 spiro atoms.